The van der Waals surface area contributed by atoms with Crippen LogP contribution in [-0.4, -0.2) is 19.1 Å². The number of rotatable bonds is 2. The maximum Gasteiger partial charge on any atom is 0.144 e. The largest absolute Gasteiger partial charge is 0.495 e. The molecule has 1 aromatic carbocycles. The second kappa shape index (κ2) is 5.53. The average molecular weight is 400 g/mol. The fourth-order valence-electron chi connectivity index (χ4n) is 2.98. The fraction of sp³-hybridized carbons (Fsp3) is 0.400. The van der Waals surface area contributed by atoms with Crippen LogP contribution >= 0.6 is 31.9 Å². The third-order valence-electron chi connectivity index (χ3n) is 3.85. The smallest absolute Gasteiger partial charge is 0.144 e. The second-order valence-electron chi connectivity index (χ2n) is 4.97. The Morgan fingerprint density at radius 2 is 1.95 bits per heavy atom. The van der Waals surface area contributed by atoms with Crippen molar-refractivity contribution in [3.8, 4) is 5.75 Å². The molecule has 1 N–H and O–H groups in total. The van der Waals surface area contributed by atoms with Gasteiger partial charge in [0, 0.05) is 17.2 Å². The van der Waals surface area contributed by atoms with Crippen LogP contribution in [0.5, 0.6) is 5.75 Å². The van der Waals surface area contributed by atoms with E-state index in [1.54, 1.807) is 7.11 Å². The number of nitrogens with zero attached hydrogens (tertiary/aromatic N) is 1. The first-order valence-corrected chi connectivity index (χ1v) is 8.31. The maximum atomic E-state index is 5.60. The molecule has 106 valence electrons. The van der Waals surface area contributed by atoms with Gasteiger partial charge in [-0.05, 0) is 69.2 Å². The van der Waals surface area contributed by atoms with E-state index in [2.05, 4.69) is 37.2 Å². The van der Waals surface area contributed by atoms with E-state index in [1.807, 2.05) is 13.1 Å². The van der Waals surface area contributed by atoms with Gasteiger partial charge in [0.05, 0.1) is 28.2 Å². The Morgan fingerprint density at radius 1 is 1.20 bits per heavy atom. The molecule has 0 spiro atoms. The number of aromatic nitrogens is 1. The van der Waals surface area contributed by atoms with Crippen LogP contribution in [0, 0.1) is 0 Å². The third-order valence-corrected chi connectivity index (χ3v) is 5.05. The van der Waals surface area contributed by atoms with E-state index in [0.29, 0.717) is 0 Å². The van der Waals surface area contributed by atoms with Crippen LogP contribution in [0.15, 0.2) is 15.0 Å². The van der Waals surface area contributed by atoms with Crippen molar-refractivity contribution in [2.24, 2.45) is 0 Å². The number of benzene rings is 1. The van der Waals surface area contributed by atoms with E-state index in [-0.39, 0.29) is 0 Å². The van der Waals surface area contributed by atoms with Crippen molar-refractivity contribution in [3.63, 3.8) is 0 Å². The highest BCUT2D eigenvalue weighted by atomic mass is 79.9. The Morgan fingerprint density at radius 3 is 2.65 bits per heavy atom. The predicted octanol–water partition coefficient (Wildman–Crippen LogP) is 4.69. The normalized spacial score (nSPS) is 14.2. The van der Waals surface area contributed by atoms with Gasteiger partial charge < -0.3 is 10.1 Å². The minimum absolute atomic E-state index is 0.841. The third kappa shape index (κ3) is 2.11. The second-order valence-corrected chi connectivity index (χ2v) is 6.67. The molecule has 0 saturated heterocycles. The highest BCUT2D eigenvalue weighted by Gasteiger charge is 2.22. The minimum atomic E-state index is 0.841. The molecule has 3 rings (SSSR count). The van der Waals surface area contributed by atoms with Crippen molar-refractivity contribution in [2.45, 2.75) is 25.7 Å². The molecule has 0 saturated carbocycles. The van der Waals surface area contributed by atoms with Crippen LogP contribution in [0.4, 0.5) is 5.69 Å². The highest BCUT2D eigenvalue weighted by Crippen LogP contribution is 2.44. The van der Waals surface area contributed by atoms with E-state index in [4.69, 9.17) is 9.72 Å². The Hall–Kier alpha value is -0.810. The molecule has 1 aromatic heterocycles. The quantitative estimate of drug-likeness (QED) is 0.795. The van der Waals surface area contributed by atoms with Gasteiger partial charge in [0.25, 0.3) is 0 Å². The van der Waals surface area contributed by atoms with E-state index >= 15 is 0 Å². The van der Waals surface area contributed by atoms with E-state index in [0.717, 1.165) is 44.1 Å². The number of ether oxygens (including phenoxy) is 1. The van der Waals surface area contributed by atoms with Crippen LogP contribution in [-0.2, 0) is 12.8 Å². The molecule has 2 aromatic rings. The molecular formula is C15H16Br2N2O. The van der Waals surface area contributed by atoms with Gasteiger partial charge in [-0.3, -0.25) is 4.98 Å². The molecule has 1 heterocycles. The summed E-state index contributed by atoms with van der Waals surface area (Å²) in [7, 11) is 3.67. The number of anilines is 1. The number of nitrogens with one attached hydrogen (secondary N) is 1. The first-order chi connectivity index (χ1) is 9.67. The maximum absolute atomic E-state index is 5.60. The molecular weight excluding hydrogens is 384 g/mol. The van der Waals surface area contributed by atoms with Gasteiger partial charge in [0.2, 0.25) is 0 Å². The molecule has 0 aliphatic heterocycles. The fourth-order valence-corrected chi connectivity index (χ4v) is 4.39. The molecule has 0 bridgehead atoms. The summed E-state index contributed by atoms with van der Waals surface area (Å²) in [5, 5.41) is 4.42. The molecule has 0 amide bonds. The lowest BCUT2D eigenvalue weighted by Gasteiger charge is -2.22. The highest BCUT2D eigenvalue weighted by molar-refractivity contribution is 9.11. The molecule has 0 fully saturated rings. The summed E-state index contributed by atoms with van der Waals surface area (Å²) in [6.07, 6.45) is 4.60. The summed E-state index contributed by atoms with van der Waals surface area (Å²) in [4.78, 5) is 4.89. The summed E-state index contributed by atoms with van der Waals surface area (Å²) >= 11 is 7.20. The minimum Gasteiger partial charge on any atom is -0.495 e. The van der Waals surface area contributed by atoms with Crippen molar-refractivity contribution in [2.75, 3.05) is 19.5 Å². The molecule has 5 heteroatoms. The van der Waals surface area contributed by atoms with Gasteiger partial charge in [-0.1, -0.05) is 0 Å². The molecule has 0 radical (unpaired) electrons. The zero-order chi connectivity index (χ0) is 14.3. The van der Waals surface area contributed by atoms with Crippen molar-refractivity contribution in [1.29, 1.82) is 0 Å². The Bertz CT molecular complexity index is 686. The van der Waals surface area contributed by atoms with E-state index in [1.165, 1.54) is 24.1 Å². The number of fused-ring (bicyclic) bond motifs is 2. The van der Waals surface area contributed by atoms with Gasteiger partial charge in [0.15, 0.2) is 0 Å². The van der Waals surface area contributed by atoms with Crippen LogP contribution < -0.4 is 10.1 Å². The van der Waals surface area contributed by atoms with Gasteiger partial charge in [0.1, 0.15) is 5.75 Å². The zero-order valence-corrected chi connectivity index (χ0v) is 14.7. The van der Waals surface area contributed by atoms with E-state index in [9.17, 15) is 0 Å². The topological polar surface area (TPSA) is 34.2 Å². The predicted molar refractivity (Wildman–Crippen MR) is 89.9 cm³/mol. The Labute approximate surface area is 135 Å². The molecule has 0 unspecified atom stereocenters. The number of pyridine rings is 1. The monoisotopic (exact) mass is 398 g/mol. The van der Waals surface area contributed by atoms with Crippen LogP contribution in [0.25, 0.3) is 10.9 Å². The average Bonchev–Trinajstić information content (AvgIpc) is 2.46. The van der Waals surface area contributed by atoms with Crippen LogP contribution in [0.1, 0.15) is 24.1 Å². The lowest BCUT2D eigenvalue weighted by Crippen LogP contribution is -2.10. The lowest BCUT2D eigenvalue weighted by atomic mass is 9.92. The Balaban J connectivity index is 2.46. The Kier molecular flexibility index (Phi) is 3.91. The van der Waals surface area contributed by atoms with Crippen molar-refractivity contribution < 1.29 is 4.74 Å². The molecule has 20 heavy (non-hydrogen) atoms. The van der Waals surface area contributed by atoms with Gasteiger partial charge in [-0.25, -0.2) is 0 Å². The van der Waals surface area contributed by atoms with Gasteiger partial charge in [-0.2, -0.15) is 0 Å². The molecule has 1 aliphatic rings. The van der Waals surface area contributed by atoms with Gasteiger partial charge >= 0.3 is 0 Å². The summed E-state index contributed by atoms with van der Waals surface area (Å²) in [5.74, 6) is 0.841. The number of halogens is 2. The molecule has 3 nitrogen and oxygen atoms in total. The van der Waals surface area contributed by atoms with Crippen LogP contribution in [0.3, 0.4) is 0 Å². The summed E-state index contributed by atoms with van der Waals surface area (Å²) in [5.41, 5.74) is 4.69. The SMILES string of the molecule is CNc1c2c(nc3c(Br)cc(Br)c(OC)c13)CCCC2. The number of methoxy groups -OCH3 is 1. The van der Waals surface area contributed by atoms with E-state index < -0.39 is 0 Å². The summed E-state index contributed by atoms with van der Waals surface area (Å²) < 4.78 is 7.53. The summed E-state index contributed by atoms with van der Waals surface area (Å²) in [6.45, 7) is 0. The number of hydrogen-bond donors (Lipinski definition) is 1. The molecule has 1 aliphatic carbocycles. The van der Waals surface area contributed by atoms with Crippen LogP contribution in [0.2, 0.25) is 0 Å². The van der Waals surface area contributed by atoms with Crippen molar-refractivity contribution >= 4 is 48.5 Å². The van der Waals surface area contributed by atoms with Gasteiger partial charge in [-0.15, -0.1) is 0 Å². The number of hydrogen-bond acceptors (Lipinski definition) is 3. The first-order valence-electron chi connectivity index (χ1n) is 6.72. The summed E-state index contributed by atoms with van der Waals surface area (Å²) in [6, 6.07) is 2.00. The standard InChI is InChI=1S/C15H16Br2N2O/c1-18-13-8-5-3-4-6-11(8)19-14-9(16)7-10(17)15(20-2)12(13)14/h7H,3-6H2,1-2H3,(H,18,19). The molecule has 0 atom stereocenters. The lowest BCUT2D eigenvalue weighted by molar-refractivity contribution is 0.417. The van der Waals surface area contributed by atoms with Crippen molar-refractivity contribution in [1.82, 2.24) is 4.98 Å². The number of aryl methyl sites for hydroxylation is 1. The van der Waals surface area contributed by atoms with Crippen molar-refractivity contribution in [3.05, 3.63) is 26.3 Å². The first kappa shape index (κ1) is 14.1. The zero-order valence-electron chi connectivity index (χ0n) is 11.5.